The van der Waals surface area contributed by atoms with Gasteiger partial charge in [0.2, 0.25) is 0 Å². The number of hydrogen-bond donors (Lipinski definition) is 0. The van der Waals surface area contributed by atoms with Gasteiger partial charge in [-0.2, -0.15) is 0 Å². The van der Waals surface area contributed by atoms with Crippen molar-refractivity contribution in [2.24, 2.45) is 0 Å². The highest BCUT2D eigenvalue weighted by Gasteiger charge is 2.53. The van der Waals surface area contributed by atoms with E-state index in [2.05, 4.69) is 334 Å². The highest BCUT2D eigenvalue weighted by Crippen LogP contribution is 2.65. The smallest absolute Gasteiger partial charge is 0.160 e. The van der Waals surface area contributed by atoms with E-state index in [0.717, 1.165) is 84.0 Å². The number of nitrogens with zero attached hydrogens (tertiary/aromatic N) is 4. The lowest BCUT2D eigenvalue weighted by molar-refractivity contribution is 0.794. The molecule has 4 aliphatic carbocycles. The molecule has 0 N–H and O–H groups in total. The molecule has 1 unspecified atom stereocenters. The first-order valence-electron chi connectivity index (χ1n) is 33.7. The van der Waals surface area contributed by atoms with E-state index >= 15 is 0 Å². The van der Waals surface area contributed by atoms with Crippen LogP contribution < -0.4 is 0 Å². The van der Waals surface area contributed by atoms with Crippen LogP contribution in [0, 0.1) is 0 Å². The van der Waals surface area contributed by atoms with E-state index in [1.165, 1.54) is 94.6 Å². The van der Waals surface area contributed by atoms with Gasteiger partial charge < -0.3 is 0 Å². The Labute approximate surface area is 569 Å². The van der Waals surface area contributed by atoms with Crippen LogP contribution in [0.5, 0.6) is 0 Å². The quantitative estimate of drug-likeness (QED) is 0.145. The SMILES string of the molecule is c1ccc(-c2cc(-c3ccccc3)nc(-c3ccc(-c4ccc5c(c4)C4(c6ccccc6-c6cc(-c7cccc(-c8cc(-c9ccc(-c%10ccc%11c(c%10)C%10(c%12ccccc%12-c%12ccccc%12%10)c%10ccccc%10-%11)cc9)nc(-c9ccccc9)n8)c7)ccc64)c4ccccc4-5)cc3)n2)cc1. The lowest BCUT2D eigenvalue weighted by Gasteiger charge is -2.30. The number of fused-ring (bicyclic) bond motifs is 20. The zero-order chi connectivity index (χ0) is 64.5. The summed E-state index contributed by atoms with van der Waals surface area (Å²) in [6.07, 6.45) is 0. The Morgan fingerprint density at radius 3 is 0.847 bits per heavy atom. The van der Waals surface area contributed by atoms with Crippen LogP contribution in [0.4, 0.5) is 0 Å². The van der Waals surface area contributed by atoms with Crippen molar-refractivity contribution in [3.8, 4) is 146 Å². The monoisotopic (exact) mass is 1240 g/mol. The minimum absolute atomic E-state index is 0.408. The second-order valence-corrected chi connectivity index (χ2v) is 26.3. The van der Waals surface area contributed by atoms with Gasteiger partial charge in [-0.25, -0.2) is 19.9 Å². The van der Waals surface area contributed by atoms with E-state index in [0.29, 0.717) is 11.6 Å². The molecule has 1 atom stereocenters. The van der Waals surface area contributed by atoms with Gasteiger partial charge in [0.05, 0.1) is 33.6 Å². The van der Waals surface area contributed by atoms with Gasteiger partial charge in [0, 0.05) is 33.4 Å². The van der Waals surface area contributed by atoms with Gasteiger partial charge in [0.25, 0.3) is 0 Å². The normalized spacial score (nSPS) is 14.2. The molecule has 4 nitrogen and oxygen atoms in total. The lowest BCUT2D eigenvalue weighted by Crippen LogP contribution is -2.25. The molecule has 0 saturated heterocycles. The number of hydrogen-bond acceptors (Lipinski definition) is 4. The average molecular weight is 1240 g/mol. The van der Waals surface area contributed by atoms with E-state index in [-0.39, 0.29) is 0 Å². The predicted molar refractivity (Wildman–Crippen MR) is 399 cm³/mol. The number of aromatic nitrogens is 4. The minimum atomic E-state index is -0.539. The Hall–Kier alpha value is -12.8. The molecule has 0 bridgehead atoms. The van der Waals surface area contributed by atoms with Crippen molar-refractivity contribution < 1.29 is 0 Å². The third-order valence-corrected chi connectivity index (χ3v) is 21.2. The summed E-state index contributed by atoms with van der Waals surface area (Å²) in [5.41, 5.74) is 36.3. The van der Waals surface area contributed by atoms with Crippen molar-refractivity contribution >= 4 is 0 Å². The zero-order valence-electron chi connectivity index (χ0n) is 53.3. The van der Waals surface area contributed by atoms with Gasteiger partial charge in [-0.05, 0) is 159 Å². The predicted octanol–water partition coefficient (Wildman–Crippen LogP) is 23.0. The summed E-state index contributed by atoms with van der Waals surface area (Å²) in [6, 6.07) is 129. The zero-order valence-corrected chi connectivity index (χ0v) is 53.3. The van der Waals surface area contributed by atoms with Crippen molar-refractivity contribution in [3.05, 3.63) is 396 Å². The van der Waals surface area contributed by atoms with Gasteiger partial charge in [0.1, 0.15) is 0 Å². The molecular weight excluding hydrogens is 1190 g/mol. The molecule has 2 spiro atoms. The van der Waals surface area contributed by atoms with Crippen molar-refractivity contribution in [1.82, 2.24) is 19.9 Å². The van der Waals surface area contributed by atoms with Gasteiger partial charge >= 0.3 is 0 Å². The molecule has 0 amide bonds. The molecule has 0 saturated carbocycles. The van der Waals surface area contributed by atoms with E-state index < -0.39 is 10.8 Å². The Morgan fingerprint density at radius 2 is 0.408 bits per heavy atom. The van der Waals surface area contributed by atoms with E-state index in [4.69, 9.17) is 19.9 Å². The fourth-order valence-electron chi connectivity index (χ4n) is 16.8. The second kappa shape index (κ2) is 21.9. The van der Waals surface area contributed by atoms with Crippen molar-refractivity contribution in [2.45, 2.75) is 10.8 Å². The molecule has 14 aromatic carbocycles. The first-order valence-corrected chi connectivity index (χ1v) is 33.7. The van der Waals surface area contributed by atoms with E-state index in [1.807, 2.05) is 18.2 Å². The first kappa shape index (κ1) is 55.7. The largest absolute Gasteiger partial charge is 0.228 e. The molecule has 0 aliphatic heterocycles. The summed E-state index contributed by atoms with van der Waals surface area (Å²) >= 11 is 0. The van der Waals surface area contributed by atoms with Crippen LogP contribution in [0.1, 0.15) is 44.5 Å². The summed E-state index contributed by atoms with van der Waals surface area (Å²) in [4.78, 5) is 21.0. The van der Waals surface area contributed by atoms with Gasteiger partial charge in [0.15, 0.2) is 11.6 Å². The first-order chi connectivity index (χ1) is 48.5. The van der Waals surface area contributed by atoms with Crippen LogP contribution in [0.3, 0.4) is 0 Å². The molecule has 20 rings (SSSR count). The standard InChI is InChI=1S/C94H58N4/c1-4-21-61(22-5-1)87-57-88(62-23-6-2-7-24-62)96-92(95-87)65-45-41-60(42-46-65)69-48-51-77-74-32-13-18-37-82(74)94(86(77)56-69)83-38-19-14-33-75(83)78-54-67(49-52-84(78)94)66-27-20-28-70(53-66)90-58-89(97-91(98-90)64-25-8-3-9-26-64)63-43-39-59(40-44-63)68-47-50-76-73-31-12-17-36-81(73)93(85(76)55-68)79-34-15-10-29-71(79)72-30-11-16-35-80(72)93/h1-58H. The summed E-state index contributed by atoms with van der Waals surface area (Å²) in [7, 11) is 0. The van der Waals surface area contributed by atoms with E-state index in [1.54, 1.807) is 0 Å². The van der Waals surface area contributed by atoms with Gasteiger partial charge in [-0.1, -0.05) is 315 Å². The van der Waals surface area contributed by atoms with Crippen LogP contribution in [0.2, 0.25) is 0 Å². The lowest BCUT2D eigenvalue weighted by atomic mass is 9.70. The highest BCUT2D eigenvalue weighted by molar-refractivity contribution is 5.99. The maximum Gasteiger partial charge on any atom is 0.160 e. The van der Waals surface area contributed by atoms with Crippen molar-refractivity contribution in [1.29, 1.82) is 0 Å². The summed E-state index contributed by atoms with van der Waals surface area (Å²) in [5, 5.41) is 0. The minimum Gasteiger partial charge on any atom is -0.228 e. The van der Waals surface area contributed by atoms with Crippen molar-refractivity contribution in [2.75, 3.05) is 0 Å². The molecule has 98 heavy (non-hydrogen) atoms. The Balaban J connectivity index is 0.648. The van der Waals surface area contributed by atoms with Crippen molar-refractivity contribution in [3.63, 3.8) is 0 Å². The molecule has 4 aliphatic rings. The maximum atomic E-state index is 5.35. The summed E-state index contributed by atoms with van der Waals surface area (Å²) < 4.78 is 0. The molecule has 2 heterocycles. The Morgan fingerprint density at radius 1 is 0.143 bits per heavy atom. The Kier molecular flexibility index (Phi) is 12.4. The van der Waals surface area contributed by atoms with Crippen LogP contribution in [0.15, 0.2) is 352 Å². The van der Waals surface area contributed by atoms with Crippen LogP contribution in [-0.4, -0.2) is 19.9 Å². The molecule has 4 heteroatoms. The third kappa shape index (κ3) is 8.38. The Bertz CT molecular complexity index is 5800. The van der Waals surface area contributed by atoms with Gasteiger partial charge in [-0.3, -0.25) is 0 Å². The molecule has 16 aromatic rings. The molecule has 0 fully saturated rings. The molecular formula is C94H58N4. The molecule has 2 aromatic heterocycles. The second-order valence-electron chi connectivity index (χ2n) is 26.3. The van der Waals surface area contributed by atoms with Gasteiger partial charge in [-0.15, -0.1) is 0 Å². The topological polar surface area (TPSA) is 51.6 Å². The van der Waals surface area contributed by atoms with Crippen LogP contribution in [0.25, 0.3) is 146 Å². The average Bonchev–Trinajstić information content (AvgIpc) is 1.52. The summed E-state index contributed by atoms with van der Waals surface area (Å²) in [5.74, 6) is 1.38. The number of rotatable bonds is 9. The van der Waals surface area contributed by atoms with Crippen LogP contribution >= 0.6 is 0 Å². The fraction of sp³-hybridized carbons (Fsp3) is 0.0213. The highest BCUT2D eigenvalue weighted by atomic mass is 14.9. The number of benzene rings is 14. The van der Waals surface area contributed by atoms with Crippen LogP contribution in [-0.2, 0) is 10.8 Å². The summed E-state index contributed by atoms with van der Waals surface area (Å²) in [6.45, 7) is 0. The molecule has 454 valence electrons. The molecule has 0 radical (unpaired) electrons. The fourth-order valence-corrected chi connectivity index (χ4v) is 16.8. The third-order valence-electron chi connectivity index (χ3n) is 21.2. The van der Waals surface area contributed by atoms with E-state index in [9.17, 15) is 0 Å². The maximum absolute atomic E-state index is 5.35.